The summed E-state index contributed by atoms with van der Waals surface area (Å²) >= 11 is 0. The molecule has 0 saturated carbocycles. The summed E-state index contributed by atoms with van der Waals surface area (Å²) in [6.07, 6.45) is 64.8. The maximum atomic E-state index is 12.9. The predicted octanol–water partition coefficient (Wildman–Crippen LogP) is 15.1. The van der Waals surface area contributed by atoms with Gasteiger partial charge in [0.05, 0.1) is 40.3 Å². The van der Waals surface area contributed by atoms with Gasteiger partial charge < -0.3 is 33.3 Å². The molecule has 9 heteroatoms. The highest BCUT2D eigenvalue weighted by atomic mass is 16.7. The molecular weight excluding hydrogens is 875 g/mol. The molecule has 0 N–H and O–H groups in total. The van der Waals surface area contributed by atoms with Crippen molar-refractivity contribution in [2.75, 3.05) is 47.5 Å². The molecule has 70 heavy (non-hydrogen) atoms. The van der Waals surface area contributed by atoms with E-state index >= 15 is 0 Å². The Hall–Kier alpha value is -3.53. The van der Waals surface area contributed by atoms with Gasteiger partial charge in [0.25, 0.3) is 0 Å². The summed E-state index contributed by atoms with van der Waals surface area (Å²) in [5.41, 5.74) is 0. The Balaban J connectivity index is 4.24. The quantitative estimate of drug-likeness (QED) is 0.0195. The monoisotopic (exact) mass is 980 g/mol. The fourth-order valence-corrected chi connectivity index (χ4v) is 7.53. The summed E-state index contributed by atoms with van der Waals surface area (Å²) in [6, 6.07) is 0. The van der Waals surface area contributed by atoms with E-state index in [1.807, 2.05) is 21.1 Å². The highest BCUT2D eigenvalue weighted by molar-refractivity contribution is 5.70. The molecule has 9 nitrogen and oxygen atoms in total. The number of esters is 2. The number of allylic oxidation sites excluding steroid dienone is 14. The lowest BCUT2D eigenvalue weighted by Crippen LogP contribution is -2.44. The third-order valence-corrected chi connectivity index (χ3v) is 11.9. The van der Waals surface area contributed by atoms with E-state index in [9.17, 15) is 19.5 Å². The van der Waals surface area contributed by atoms with Crippen molar-refractivity contribution < 1.29 is 42.9 Å². The molecule has 0 saturated heterocycles. The minimum absolute atomic E-state index is 0.142. The number of aliphatic carboxylic acids is 1. The van der Waals surface area contributed by atoms with Crippen LogP contribution in [-0.4, -0.2) is 82.3 Å². The van der Waals surface area contributed by atoms with Gasteiger partial charge in [-0.25, -0.2) is 0 Å². The van der Waals surface area contributed by atoms with Crippen LogP contribution in [0.1, 0.15) is 226 Å². The Kier molecular flexibility index (Phi) is 49.2. The van der Waals surface area contributed by atoms with E-state index < -0.39 is 24.3 Å². The average Bonchev–Trinajstić information content (AvgIpc) is 3.33. The van der Waals surface area contributed by atoms with Crippen molar-refractivity contribution in [2.45, 2.75) is 238 Å². The molecule has 0 aromatic heterocycles. The fourth-order valence-electron chi connectivity index (χ4n) is 7.53. The van der Waals surface area contributed by atoms with Crippen LogP contribution in [0.4, 0.5) is 0 Å². The number of carboxylic acids is 1. The molecule has 0 rings (SSSR count). The number of quaternary nitrogens is 1. The van der Waals surface area contributed by atoms with Crippen LogP contribution in [0.2, 0.25) is 0 Å². The Morgan fingerprint density at radius 1 is 0.443 bits per heavy atom. The predicted molar refractivity (Wildman–Crippen MR) is 292 cm³/mol. The highest BCUT2D eigenvalue weighted by Gasteiger charge is 2.22. The third kappa shape index (κ3) is 52.3. The molecule has 402 valence electrons. The van der Waals surface area contributed by atoms with Gasteiger partial charge in [-0.2, -0.15) is 0 Å². The second-order valence-corrected chi connectivity index (χ2v) is 19.8. The molecule has 0 aliphatic rings. The van der Waals surface area contributed by atoms with Gasteiger partial charge in [-0.05, 0) is 89.9 Å². The zero-order valence-corrected chi connectivity index (χ0v) is 45.6. The molecule has 2 unspecified atom stereocenters. The summed E-state index contributed by atoms with van der Waals surface area (Å²) in [5.74, 6) is -2.31. The molecule has 0 bridgehead atoms. The largest absolute Gasteiger partial charge is 0.545 e. The number of carbonyl (C=O) groups excluding carboxylic acids is 3. The van der Waals surface area contributed by atoms with E-state index in [0.717, 1.165) is 96.3 Å². The summed E-state index contributed by atoms with van der Waals surface area (Å²) < 4.78 is 22.7. The van der Waals surface area contributed by atoms with Crippen LogP contribution < -0.4 is 5.11 Å². The number of rotatable bonds is 51. The molecule has 0 aliphatic carbocycles. The fraction of sp³-hybridized carbons (Fsp3) is 0.721. The van der Waals surface area contributed by atoms with Crippen molar-refractivity contribution in [1.29, 1.82) is 0 Å². The van der Waals surface area contributed by atoms with Crippen LogP contribution >= 0.6 is 0 Å². The van der Waals surface area contributed by atoms with Crippen molar-refractivity contribution in [2.24, 2.45) is 0 Å². The van der Waals surface area contributed by atoms with E-state index in [-0.39, 0.29) is 38.6 Å². The van der Waals surface area contributed by atoms with E-state index in [2.05, 4.69) is 98.9 Å². The first kappa shape index (κ1) is 66.5. The second kappa shape index (κ2) is 51.8. The average molecular weight is 981 g/mol. The van der Waals surface area contributed by atoms with Crippen molar-refractivity contribution in [3.8, 4) is 0 Å². The van der Waals surface area contributed by atoms with Gasteiger partial charge >= 0.3 is 11.9 Å². The molecule has 0 spiro atoms. The SMILES string of the molecule is CC/C=C\C/C=C\C/C=C\C/C=C\C/C=C\CCCCCCCCCCCCCCCC(=O)OC(COC(=O)CCCCCCC/C=C\C/C=C\CCCCCC)COC(OCC[N+](C)(C)C)C(=O)[O-]. The number of unbranched alkanes of at least 4 members (excludes halogenated alkanes) is 22. The molecule has 0 fully saturated rings. The first-order chi connectivity index (χ1) is 34.1. The van der Waals surface area contributed by atoms with Gasteiger partial charge in [0.2, 0.25) is 0 Å². The van der Waals surface area contributed by atoms with Crippen LogP contribution in [0.3, 0.4) is 0 Å². The third-order valence-electron chi connectivity index (χ3n) is 11.9. The van der Waals surface area contributed by atoms with Crippen LogP contribution in [0.15, 0.2) is 85.1 Å². The number of ether oxygens (including phenoxy) is 4. The molecular formula is C61H105NO8. The van der Waals surface area contributed by atoms with Crippen LogP contribution in [0, 0.1) is 0 Å². The smallest absolute Gasteiger partial charge is 0.306 e. The lowest BCUT2D eigenvalue weighted by atomic mass is 10.0. The van der Waals surface area contributed by atoms with Gasteiger partial charge in [0.15, 0.2) is 12.4 Å². The topological polar surface area (TPSA) is 111 Å². The summed E-state index contributed by atoms with van der Waals surface area (Å²) in [5, 5.41) is 11.8. The van der Waals surface area contributed by atoms with Crippen LogP contribution in [-0.2, 0) is 33.3 Å². The zero-order valence-electron chi connectivity index (χ0n) is 45.6. The van der Waals surface area contributed by atoms with E-state index in [1.54, 1.807) is 0 Å². The van der Waals surface area contributed by atoms with Crippen molar-refractivity contribution >= 4 is 17.9 Å². The molecule has 0 amide bonds. The standard InChI is InChI=1S/C61H105NO8/c1-6-8-10-12-14-16-18-20-22-24-25-26-27-28-29-30-31-32-33-34-35-36-38-40-42-44-46-48-50-52-59(64)70-57(56-69-61(60(65)66)67-54-53-62(3,4)5)55-68-58(63)51-49-47-45-43-41-39-37-23-21-19-17-15-13-11-9-7-2/h8,10,14,16-17,19-20,22-23,25-26,28-29,37,57,61H,6-7,9,11-13,15,18,21,24,27,30-36,38-56H2,1-5H3/b10-8-,16-14-,19-17-,22-20-,26-25-,29-28-,37-23-. The normalized spacial score (nSPS) is 13.4. The van der Waals surface area contributed by atoms with Crippen molar-refractivity contribution in [3.05, 3.63) is 85.1 Å². The van der Waals surface area contributed by atoms with Crippen molar-refractivity contribution in [1.82, 2.24) is 0 Å². The molecule has 2 atom stereocenters. The minimum atomic E-state index is -1.63. The molecule has 0 heterocycles. The summed E-state index contributed by atoms with van der Waals surface area (Å²) in [4.78, 5) is 37.2. The van der Waals surface area contributed by atoms with Gasteiger partial charge in [-0.15, -0.1) is 0 Å². The van der Waals surface area contributed by atoms with Gasteiger partial charge in [0.1, 0.15) is 13.2 Å². The minimum Gasteiger partial charge on any atom is -0.545 e. The first-order valence-corrected chi connectivity index (χ1v) is 28.2. The van der Waals surface area contributed by atoms with E-state index in [1.165, 1.54) is 96.3 Å². The molecule has 0 aromatic rings. The summed E-state index contributed by atoms with van der Waals surface area (Å²) in [7, 11) is 5.91. The molecule has 0 aromatic carbocycles. The molecule has 0 aliphatic heterocycles. The maximum absolute atomic E-state index is 12.9. The number of nitrogens with zero attached hydrogens (tertiary/aromatic N) is 1. The number of hydrogen-bond acceptors (Lipinski definition) is 8. The second-order valence-electron chi connectivity index (χ2n) is 19.8. The van der Waals surface area contributed by atoms with Crippen LogP contribution in [0.5, 0.6) is 0 Å². The lowest BCUT2D eigenvalue weighted by molar-refractivity contribution is -0.870. The highest BCUT2D eigenvalue weighted by Crippen LogP contribution is 2.15. The lowest BCUT2D eigenvalue weighted by Gasteiger charge is -2.26. The van der Waals surface area contributed by atoms with Gasteiger partial charge in [-0.1, -0.05) is 208 Å². The van der Waals surface area contributed by atoms with E-state index in [4.69, 9.17) is 18.9 Å². The summed E-state index contributed by atoms with van der Waals surface area (Å²) in [6.45, 7) is 4.60. The Morgan fingerprint density at radius 2 is 0.814 bits per heavy atom. The number of hydrogen-bond donors (Lipinski definition) is 0. The first-order valence-electron chi connectivity index (χ1n) is 28.2. The maximum Gasteiger partial charge on any atom is 0.306 e. The number of likely N-dealkylation sites (N-methyl/N-ethyl adjacent to an activating group) is 1. The van der Waals surface area contributed by atoms with Gasteiger partial charge in [-0.3, -0.25) is 9.59 Å². The van der Waals surface area contributed by atoms with E-state index in [0.29, 0.717) is 17.4 Å². The Bertz CT molecular complexity index is 1420. The number of carbonyl (C=O) groups is 3. The van der Waals surface area contributed by atoms with Crippen molar-refractivity contribution in [3.63, 3.8) is 0 Å². The zero-order chi connectivity index (χ0) is 51.3. The number of carboxylic acid groups (broad SMARTS) is 1. The van der Waals surface area contributed by atoms with Crippen LogP contribution in [0.25, 0.3) is 0 Å². The van der Waals surface area contributed by atoms with Gasteiger partial charge in [0, 0.05) is 12.8 Å². The Morgan fingerprint density at radius 3 is 1.21 bits per heavy atom. The Labute approximate surface area is 430 Å². The molecule has 0 radical (unpaired) electrons.